The van der Waals surface area contributed by atoms with E-state index in [1.54, 1.807) is 6.26 Å². The molecule has 17 heavy (non-hydrogen) atoms. The summed E-state index contributed by atoms with van der Waals surface area (Å²) in [5.74, 6) is 0. The smallest absolute Gasteiger partial charge is 0.197 e. The maximum Gasteiger partial charge on any atom is 0.197 e. The van der Waals surface area contributed by atoms with Crippen molar-refractivity contribution in [2.75, 3.05) is 13.1 Å². The van der Waals surface area contributed by atoms with Gasteiger partial charge < -0.3 is 4.42 Å². The van der Waals surface area contributed by atoms with Crippen LogP contribution >= 0.6 is 0 Å². The van der Waals surface area contributed by atoms with Crippen molar-refractivity contribution in [2.24, 2.45) is 0 Å². The Kier molecular flexibility index (Phi) is 3.59. The second-order valence-corrected chi connectivity index (χ2v) is 4.05. The highest BCUT2D eigenvalue weighted by molar-refractivity contribution is 5.76. The minimum Gasteiger partial charge on any atom is -0.464 e. The molecule has 0 fully saturated rings. The van der Waals surface area contributed by atoms with Gasteiger partial charge in [-0.3, -0.25) is 9.69 Å². The van der Waals surface area contributed by atoms with Crippen molar-refractivity contribution in [3.8, 4) is 0 Å². The van der Waals surface area contributed by atoms with Gasteiger partial charge in [-0.2, -0.15) is 0 Å². The van der Waals surface area contributed by atoms with E-state index in [4.69, 9.17) is 4.42 Å². The van der Waals surface area contributed by atoms with E-state index < -0.39 is 0 Å². The van der Waals surface area contributed by atoms with Crippen LogP contribution in [0.1, 0.15) is 19.4 Å². The van der Waals surface area contributed by atoms with Crippen molar-refractivity contribution in [1.82, 2.24) is 4.90 Å². The van der Waals surface area contributed by atoms with Gasteiger partial charge in [-0.1, -0.05) is 26.0 Å². The quantitative estimate of drug-likeness (QED) is 0.811. The predicted molar refractivity (Wildman–Crippen MR) is 69.1 cm³/mol. The van der Waals surface area contributed by atoms with Crippen LogP contribution in [0.25, 0.3) is 11.0 Å². The Bertz CT molecular complexity index is 555. The molecule has 0 radical (unpaired) electrons. The zero-order valence-electron chi connectivity index (χ0n) is 10.3. The molecule has 0 amide bonds. The van der Waals surface area contributed by atoms with E-state index in [0.29, 0.717) is 17.5 Å². The summed E-state index contributed by atoms with van der Waals surface area (Å²) in [5.41, 5.74) is 1.46. The number of rotatable bonds is 4. The Hall–Kier alpha value is -1.61. The Morgan fingerprint density at radius 2 is 1.88 bits per heavy atom. The first kappa shape index (κ1) is 11.9. The fourth-order valence-corrected chi connectivity index (χ4v) is 1.92. The van der Waals surface area contributed by atoms with Crippen molar-refractivity contribution in [2.45, 2.75) is 20.4 Å². The molecule has 0 N–H and O–H groups in total. The molecule has 2 rings (SSSR count). The average Bonchev–Trinajstić information content (AvgIpc) is 2.38. The highest BCUT2D eigenvalue weighted by Gasteiger charge is 2.08. The lowest BCUT2D eigenvalue weighted by molar-refractivity contribution is 0.292. The Morgan fingerprint density at radius 1 is 1.18 bits per heavy atom. The molecule has 1 aromatic heterocycles. The molecule has 0 aliphatic carbocycles. The molecule has 3 heteroatoms. The van der Waals surface area contributed by atoms with Crippen molar-refractivity contribution >= 4 is 11.0 Å². The summed E-state index contributed by atoms with van der Waals surface area (Å²) in [7, 11) is 0. The summed E-state index contributed by atoms with van der Waals surface area (Å²) in [6, 6.07) is 7.36. The average molecular weight is 231 g/mol. The van der Waals surface area contributed by atoms with Gasteiger partial charge in [-0.05, 0) is 25.2 Å². The Balaban J connectivity index is 2.42. The highest BCUT2D eigenvalue weighted by Crippen LogP contribution is 2.11. The number of fused-ring (bicyclic) bond motifs is 1. The molecule has 0 unspecified atom stereocenters. The number of hydrogen-bond donors (Lipinski definition) is 0. The van der Waals surface area contributed by atoms with E-state index in [9.17, 15) is 4.79 Å². The second-order valence-electron chi connectivity index (χ2n) is 4.05. The summed E-state index contributed by atoms with van der Waals surface area (Å²) in [5, 5.41) is 0.664. The summed E-state index contributed by atoms with van der Waals surface area (Å²) in [4.78, 5) is 14.4. The molecule has 0 atom stereocenters. The van der Waals surface area contributed by atoms with Gasteiger partial charge in [-0.25, -0.2) is 0 Å². The summed E-state index contributed by atoms with van der Waals surface area (Å²) >= 11 is 0. The lowest BCUT2D eigenvalue weighted by Gasteiger charge is -2.17. The SMILES string of the molecule is CCN(CC)Cc1coc2ccccc2c1=O. The molecule has 0 saturated carbocycles. The molecule has 0 bridgehead atoms. The zero-order valence-corrected chi connectivity index (χ0v) is 10.3. The molecule has 1 aromatic carbocycles. The van der Waals surface area contributed by atoms with Crippen LogP contribution in [0.4, 0.5) is 0 Å². The number of benzene rings is 1. The van der Waals surface area contributed by atoms with Gasteiger partial charge in [0.25, 0.3) is 0 Å². The van der Waals surface area contributed by atoms with Gasteiger partial charge in [0.15, 0.2) is 5.43 Å². The van der Waals surface area contributed by atoms with Crippen molar-refractivity contribution in [3.63, 3.8) is 0 Å². The fourth-order valence-electron chi connectivity index (χ4n) is 1.92. The van der Waals surface area contributed by atoms with E-state index in [1.165, 1.54) is 0 Å². The van der Waals surface area contributed by atoms with E-state index in [1.807, 2.05) is 24.3 Å². The fraction of sp³-hybridized carbons (Fsp3) is 0.357. The minimum absolute atomic E-state index is 0.0822. The third-order valence-electron chi connectivity index (χ3n) is 3.04. The maximum absolute atomic E-state index is 12.2. The molecular weight excluding hydrogens is 214 g/mol. The van der Waals surface area contributed by atoms with Crippen LogP contribution in [0.3, 0.4) is 0 Å². The zero-order chi connectivity index (χ0) is 12.3. The molecule has 0 spiro atoms. The molecule has 2 aromatic rings. The molecule has 1 heterocycles. The van der Waals surface area contributed by atoms with Crippen LogP contribution in [0.15, 0.2) is 39.7 Å². The largest absolute Gasteiger partial charge is 0.464 e. The van der Waals surface area contributed by atoms with Crippen LogP contribution in [-0.4, -0.2) is 18.0 Å². The van der Waals surface area contributed by atoms with E-state index >= 15 is 0 Å². The number of para-hydroxylation sites is 1. The molecule has 0 aliphatic heterocycles. The van der Waals surface area contributed by atoms with E-state index in [0.717, 1.165) is 18.7 Å². The minimum atomic E-state index is 0.0822. The standard InChI is InChI=1S/C14H17NO2/c1-3-15(4-2)9-11-10-17-13-8-6-5-7-12(13)14(11)16/h5-8,10H,3-4,9H2,1-2H3. The van der Waals surface area contributed by atoms with Crippen LogP contribution in [0.2, 0.25) is 0 Å². The van der Waals surface area contributed by atoms with Crippen molar-refractivity contribution in [1.29, 1.82) is 0 Å². The van der Waals surface area contributed by atoms with Crippen LogP contribution in [0, 0.1) is 0 Å². The summed E-state index contributed by atoms with van der Waals surface area (Å²) in [6.07, 6.45) is 1.59. The highest BCUT2D eigenvalue weighted by atomic mass is 16.3. The molecule has 0 aliphatic rings. The first-order valence-corrected chi connectivity index (χ1v) is 5.98. The third-order valence-corrected chi connectivity index (χ3v) is 3.04. The second kappa shape index (κ2) is 5.15. The normalized spacial score (nSPS) is 11.2. The summed E-state index contributed by atoms with van der Waals surface area (Å²) < 4.78 is 5.49. The molecule has 90 valence electrons. The first-order valence-electron chi connectivity index (χ1n) is 5.98. The van der Waals surface area contributed by atoms with Gasteiger partial charge in [0, 0.05) is 12.1 Å². The van der Waals surface area contributed by atoms with E-state index in [-0.39, 0.29) is 5.43 Å². The van der Waals surface area contributed by atoms with Gasteiger partial charge in [0.05, 0.1) is 11.6 Å². The maximum atomic E-state index is 12.2. The lowest BCUT2D eigenvalue weighted by Crippen LogP contribution is -2.25. The monoisotopic (exact) mass is 231 g/mol. The van der Waals surface area contributed by atoms with Crippen LogP contribution in [-0.2, 0) is 6.54 Å². The van der Waals surface area contributed by atoms with Gasteiger partial charge in [0.1, 0.15) is 5.58 Å². The van der Waals surface area contributed by atoms with E-state index in [2.05, 4.69) is 18.7 Å². The number of nitrogens with zero attached hydrogens (tertiary/aromatic N) is 1. The van der Waals surface area contributed by atoms with Gasteiger partial charge in [-0.15, -0.1) is 0 Å². The Labute approximate surface area is 101 Å². The lowest BCUT2D eigenvalue weighted by atomic mass is 10.1. The van der Waals surface area contributed by atoms with Gasteiger partial charge in [0.2, 0.25) is 0 Å². The predicted octanol–water partition coefficient (Wildman–Crippen LogP) is 2.63. The number of hydrogen-bond acceptors (Lipinski definition) is 3. The molecular formula is C14H17NO2. The van der Waals surface area contributed by atoms with Crippen LogP contribution in [0.5, 0.6) is 0 Å². The van der Waals surface area contributed by atoms with Crippen molar-refractivity contribution < 1.29 is 4.42 Å². The van der Waals surface area contributed by atoms with Gasteiger partial charge >= 0.3 is 0 Å². The van der Waals surface area contributed by atoms with Crippen LogP contribution < -0.4 is 5.43 Å². The first-order chi connectivity index (χ1) is 8.26. The Morgan fingerprint density at radius 3 is 2.59 bits per heavy atom. The molecule has 0 saturated heterocycles. The summed E-state index contributed by atoms with van der Waals surface area (Å²) in [6.45, 7) is 6.70. The van der Waals surface area contributed by atoms with Crippen molar-refractivity contribution in [3.05, 3.63) is 46.3 Å². The molecule has 3 nitrogen and oxygen atoms in total. The third kappa shape index (κ3) is 2.39. The topological polar surface area (TPSA) is 33.5 Å².